The van der Waals surface area contributed by atoms with Gasteiger partial charge in [0.1, 0.15) is 0 Å². The summed E-state index contributed by atoms with van der Waals surface area (Å²) in [5, 5.41) is 0. The zero-order chi connectivity index (χ0) is 9.72. The average molecular weight is 335 g/mol. The van der Waals surface area contributed by atoms with E-state index in [4.69, 9.17) is 5.84 Å². The van der Waals surface area contributed by atoms with E-state index in [2.05, 4.69) is 32.3 Å². The van der Waals surface area contributed by atoms with E-state index in [1.807, 2.05) is 6.92 Å². The van der Waals surface area contributed by atoms with E-state index < -0.39 is 0 Å². The van der Waals surface area contributed by atoms with Crippen LogP contribution in [0.5, 0.6) is 0 Å². The van der Waals surface area contributed by atoms with Crippen molar-refractivity contribution in [2.75, 3.05) is 0 Å². The van der Waals surface area contributed by atoms with E-state index in [-0.39, 0.29) is 0 Å². The molecule has 0 saturated heterocycles. The molecule has 0 aromatic rings. The van der Waals surface area contributed by atoms with E-state index in [1.54, 1.807) is 0 Å². The molecule has 0 aromatic heterocycles. The molecule has 0 unspecified atom stereocenters. The van der Waals surface area contributed by atoms with Crippen LogP contribution in [0.2, 0.25) is 0 Å². The Morgan fingerprint density at radius 1 is 1.25 bits per heavy atom. The van der Waals surface area contributed by atoms with Crippen molar-refractivity contribution in [3.63, 3.8) is 0 Å². The van der Waals surface area contributed by atoms with Gasteiger partial charge in [0.25, 0.3) is 0 Å². The van der Waals surface area contributed by atoms with Gasteiger partial charge in [0.05, 0.1) is 0 Å². The van der Waals surface area contributed by atoms with Gasteiger partial charge in [0.15, 0.2) is 0 Å². The normalized spacial score (nSPS) is 14.2. The Morgan fingerprint density at radius 2 is 1.75 bits per heavy atom. The van der Waals surface area contributed by atoms with Crippen LogP contribution in [0, 0.1) is 6.08 Å². The molecule has 0 fully saturated rings. The summed E-state index contributed by atoms with van der Waals surface area (Å²) in [7, 11) is 0. The monoisotopic (exact) mass is 335 g/mol. The molecule has 12 heavy (non-hydrogen) atoms. The van der Waals surface area contributed by atoms with Gasteiger partial charge in [0, 0.05) is 0 Å². The van der Waals surface area contributed by atoms with Crippen LogP contribution in [0.1, 0.15) is 27.7 Å². The second kappa shape index (κ2) is 5.58. The molecule has 3 heteroatoms. The Morgan fingerprint density at radius 3 is 2.08 bits per heavy atom. The molecule has 0 aliphatic rings. The van der Waals surface area contributed by atoms with Gasteiger partial charge in [-0.1, -0.05) is 0 Å². The zero-order valence-electron chi connectivity index (χ0n) is 7.99. The number of nitrogens with two attached hydrogens (primary N) is 1. The third-order valence-corrected chi connectivity index (χ3v) is 3.50. The fourth-order valence-corrected chi connectivity index (χ4v) is 1.30. The number of hydrazine groups is 1. The maximum absolute atomic E-state index is 5.32. The first-order valence-corrected chi connectivity index (χ1v) is 5.21. The summed E-state index contributed by atoms with van der Waals surface area (Å²) in [6.45, 7) is 8.13. The molecule has 0 bridgehead atoms. The Labute approximate surface area is 85.3 Å². The third-order valence-electron chi connectivity index (χ3n) is 1.97. The van der Waals surface area contributed by atoms with E-state index in [0.29, 0.717) is 0 Å². The molecule has 0 rings (SSSR count). The van der Waals surface area contributed by atoms with Crippen LogP contribution in [0.3, 0.4) is 0 Å². The van der Waals surface area contributed by atoms with Crippen molar-refractivity contribution in [3.05, 3.63) is 22.8 Å². The van der Waals surface area contributed by atoms with Crippen molar-refractivity contribution in [1.29, 1.82) is 0 Å². The van der Waals surface area contributed by atoms with Gasteiger partial charge >= 0.3 is 85.1 Å². The Kier molecular flexibility index (Phi) is 5.56. The number of nitrogens with one attached hydrogen (secondary N) is 1. The average Bonchev–Trinajstić information content (AvgIpc) is 2.12. The van der Waals surface area contributed by atoms with Crippen LogP contribution < -0.4 is 11.3 Å². The summed E-state index contributed by atoms with van der Waals surface area (Å²) in [4.78, 5) is 0. The van der Waals surface area contributed by atoms with Crippen LogP contribution in [-0.2, 0) is 19.4 Å². The maximum atomic E-state index is 5.32. The van der Waals surface area contributed by atoms with Crippen molar-refractivity contribution >= 4 is 4.02 Å². The summed E-state index contributed by atoms with van der Waals surface area (Å²) in [6, 6.07) is 0. The van der Waals surface area contributed by atoms with Crippen LogP contribution in [0.4, 0.5) is 0 Å². The van der Waals surface area contributed by atoms with Gasteiger partial charge in [-0.25, -0.2) is 0 Å². The van der Waals surface area contributed by atoms with Crippen LogP contribution in [0.15, 0.2) is 16.7 Å². The Hall–Kier alpha value is -0.0417. The Bertz CT molecular complexity index is 239. The van der Waals surface area contributed by atoms with Crippen molar-refractivity contribution in [1.82, 2.24) is 5.43 Å². The van der Waals surface area contributed by atoms with Gasteiger partial charge in [-0.2, -0.15) is 0 Å². The molecule has 0 radical (unpaired) electrons. The van der Waals surface area contributed by atoms with E-state index in [0.717, 1.165) is 4.02 Å². The predicted molar refractivity (Wildman–Crippen MR) is 48.8 cm³/mol. The second-order valence-corrected chi connectivity index (χ2v) is 4.07. The molecular weight excluding hydrogens is 320 g/mol. The standard InChI is InChI=1S/C9H15N2.W/c1-5-7(2)9(4)8(3)6-11-10;/h11H,10H2,1-4H3;/q-1;/b9-8-;. The van der Waals surface area contributed by atoms with E-state index in [1.165, 1.54) is 36.1 Å². The number of rotatable bonds is 3. The van der Waals surface area contributed by atoms with Gasteiger partial charge in [0.2, 0.25) is 0 Å². The van der Waals surface area contributed by atoms with Crippen molar-refractivity contribution < 1.29 is 19.4 Å². The summed E-state index contributed by atoms with van der Waals surface area (Å²) >= 11 is 1.35. The molecule has 68 valence electrons. The SMILES string of the molecule is C[C-]=C(C)/C(C)=C(/C)[C](=[W])NN. The summed E-state index contributed by atoms with van der Waals surface area (Å²) in [5.41, 5.74) is 6.33. The van der Waals surface area contributed by atoms with Crippen LogP contribution >= 0.6 is 0 Å². The van der Waals surface area contributed by atoms with Crippen molar-refractivity contribution in [3.8, 4) is 0 Å². The van der Waals surface area contributed by atoms with Gasteiger partial charge < -0.3 is 0 Å². The van der Waals surface area contributed by atoms with Crippen molar-refractivity contribution in [2.45, 2.75) is 27.7 Å². The minimum absolute atomic E-state index is 1.09. The summed E-state index contributed by atoms with van der Waals surface area (Å²) in [6.07, 6.45) is 3.11. The molecule has 2 nitrogen and oxygen atoms in total. The van der Waals surface area contributed by atoms with E-state index >= 15 is 0 Å². The van der Waals surface area contributed by atoms with E-state index in [9.17, 15) is 0 Å². The number of hydrogen-bond acceptors (Lipinski definition) is 2. The second-order valence-electron chi connectivity index (χ2n) is 2.60. The first-order valence-electron chi connectivity index (χ1n) is 3.74. The van der Waals surface area contributed by atoms with Gasteiger partial charge in [-0.15, -0.1) is 0 Å². The molecule has 0 aliphatic carbocycles. The quantitative estimate of drug-likeness (QED) is 0.352. The first kappa shape index (κ1) is 12.0. The van der Waals surface area contributed by atoms with Crippen LogP contribution in [0.25, 0.3) is 0 Å². The summed E-state index contributed by atoms with van der Waals surface area (Å²) < 4.78 is 1.09. The first-order chi connectivity index (χ1) is 5.54. The molecule has 0 saturated carbocycles. The van der Waals surface area contributed by atoms with Gasteiger partial charge in [-0.3, -0.25) is 0 Å². The molecule has 0 aromatic carbocycles. The Balaban J connectivity index is 4.81. The molecule has 0 atom stereocenters. The predicted octanol–water partition coefficient (Wildman–Crippen LogP) is 1.23. The third kappa shape index (κ3) is 3.14. The molecule has 3 N–H and O–H groups in total. The molecule has 0 amide bonds. The molecule has 0 heterocycles. The number of hydrogen-bond donors (Lipinski definition) is 2. The fourth-order valence-electron chi connectivity index (χ4n) is 0.747. The van der Waals surface area contributed by atoms with Gasteiger partial charge in [-0.05, 0) is 0 Å². The molecular formula is C9H15N2W-. The summed E-state index contributed by atoms with van der Waals surface area (Å²) in [5.74, 6) is 5.32. The number of allylic oxidation sites excluding steroid dienone is 3. The van der Waals surface area contributed by atoms with Crippen molar-refractivity contribution in [2.24, 2.45) is 5.84 Å². The topological polar surface area (TPSA) is 38.0 Å². The molecule has 0 aliphatic heterocycles. The minimum atomic E-state index is 1.09. The van der Waals surface area contributed by atoms with Crippen LogP contribution in [-0.4, -0.2) is 4.02 Å². The zero-order valence-corrected chi connectivity index (χ0v) is 10.9. The molecule has 0 spiro atoms. The fraction of sp³-hybridized carbons (Fsp3) is 0.444.